The van der Waals surface area contributed by atoms with Crippen LogP contribution >= 0.6 is 11.6 Å². The molecule has 0 unspecified atom stereocenters. The summed E-state index contributed by atoms with van der Waals surface area (Å²) in [4.78, 5) is 9.19. The number of hydrogen-bond donors (Lipinski definition) is 0. The van der Waals surface area contributed by atoms with Gasteiger partial charge in [-0.2, -0.15) is 4.31 Å². The molecule has 7 heteroatoms. The second-order valence-corrected chi connectivity index (χ2v) is 7.94. The van der Waals surface area contributed by atoms with Gasteiger partial charge >= 0.3 is 0 Å². The normalized spacial score (nSPS) is 12.0. The van der Waals surface area contributed by atoms with E-state index in [2.05, 4.69) is 9.97 Å². The van der Waals surface area contributed by atoms with Crippen LogP contribution in [0.15, 0.2) is 53.4 Å². The highest BCUT2D eigenvalue weighted by atomic mass is 35.5. The summed E-state index contributed by atoms with van der Waals surface area (Å²) < 4.78 is 26.6. The fraction of sp³-hybridized carbons (Fsp3) is 0.176. The summed E-state index contributed by atoms with van der Waals surface area (Å²) in [5.41, 5.74) is 2.87. The van der Waals surface area contributed by atoms with E-state index in [-0.39, 0.29) is 11.4 Å². The van der Waals surface area contributed by atoms with Gasteiger partial charge in [0.15, 0.2) is 0 Å². The average Bonchev–Trinajstić information content (AvgIpc) is 2.55. The molecule has 124 valence electrons. The Morgan fingerprint density at radius 1 is 1.04 bits per heavy atom. The zero-order chi connectivity index (χ0) is 17.3. The number of halogens is 1. The molecule has 0 radical (unpaired) electrons. The molecule has 0 saturated carbocycles. The summed E-state index contributed by atoms with van der Waals surface area (Å²) in [5.74, 6) is 0. The Kier molecular flexibility index (Phi) is 4.54. The van der Waals surface area contributed by atoms with Gasteiger partial charge in [0.05, 0.1) is 33.9 Å². The minimum Gasteiger partial charge on any atom is -0.250 e. The predicted octanol–water partition coefficient (Wildman–Crippen LogP) is 3.41. The van der Waals surface area contributed by atoms with Crippen LogP contribution in [0.2, 0.25) is 5.02 Å². The highest BCUT2D eigenvalue weighted by molar-refractivity contribution is 7.89. The first-order valence-electron chi connectivity index (χ1n) is 7.32. The standard InChI is InChI=1S/C17H16ClN3O2S/c1-12-17(20-16-9-4-3-8-15(16)19-12)11-21(2)24(22,23)14-7-5-6-13(18)10-14/h3-10H,11H2,1-2H3. The molecule has 0 atom stereocenters. The molecule has 0 aliphatic carbocycles. The van der Waals surface area contributed by atoms with Crippen LogP contribution in [0.25, 0.3) is 11.0 Å². The highest BCUT2D eigenvalue weighted by Gasteiger charge is 2.22. The largest absolute Gasteiger partial charge is 0.250 e. The van der Waals surface area contributed by atoms with Crippen LogP contribution in [0, 0.1) is 6.92 Å². The Balaban J connectivity index is 1.94. The topological polar surface area (TPSA) is 63.2 Å². The van der Waals surface area contributed by atoms with Crippen LogP contribution in [-0.4, -0.2) is 29.7 Å². The summed E-state index contributed by atoms with van der Waals surface area (Å²) >= 11 is 5.90. The van der Waals surface area contributed by atoms with E-state index >= 15 is 0 Å². The molecule has 1 heterocycles. The maximum absolute atomic E-state index is 12.7. The summed E-state index contributed by atoms with van der Waals surface area (Å²) in [6.07, 6.45) is 0. The van der Waals surface area contributed by atoms with E-state index in [1.54, 1.807) is 12.1 Å². The van der Waals surface area contributed by atoms with Crippen LogP contribution < -0.4 is 0 Å². The van der Waals surface area contributed by atoms with E-state index in [1.807, 2.05) is 31.2 Å². The van der Waals surface area contributed by atoms with Crippen molar-refractivity contribution in [2.45, 2.75) is 18.4 Å². The zero-order valence-corrected chi connectivity index (χ0v) is 14.8. The third-order valence-electron chi connectivity index (χ3n) is 3.72. The molecule has 5 nitrogen and oxygen atoms in total. The van der Waals surface area contributed by atoms with E-state index < -0.39 is 10.0 Å². The number of nitrogens with zero attached hydrogens (tertiary/aromatic N) is 3. The molecule has 0 aliphatic heterocycles. The van der Waals surface area contributed by atoms with Gasteiger partial charge in [0, 0.05) is 12.1 Å². The first-order valence-corrected chi connectivity index (χ1v) is 9.14. The average molecular weight is 362 g/mol. The first-order chi connectivity index (χ1) is 11.4. The molecular formula is C17H16ClN3O2S. The third-order valence-corrected chi connectivity index (χ3v) is 5.75. The predicted molar refractivity (Wildman–Crippen MR) is 94.4 cm³/mol. The molecule has 3 rings (SSSR count). The van der Waals surface area contributed by atoms with Crippen LogP contribution in [0.4, 0.5) is 0 Å². The van der Waals surface area contributed by atoms with Gasteiger partial charge in [-0.05, 0) is 37.3 Å². The van der Waals surface area contributed by atoms with Crippen molar-refractivity contribution in [2.24, 2.45) is 0 Å². The molecule has 24 heavy (non-hydrogen) atoms. The van der Waals surface area contributed by atoms with Crippen LogP contribution in [-0.2, 0) is 16.6 Å². The molecule has 0 aliphatic rings. The van der Waals surface area contributed by atoms with Gasteiger partial charge in [0.25, 0.3) is 0 Å². The minimum atomic E-state index is -3.65. The van der Waals surface area contributed by atoms with Crippen LogP contribution in [0.5, 0.6) is 0 Å². The van der Waals surface area contributed by atoms with E-state index in [9.17, 15) is 8.42 Å². The van der Waals surface area contributed by atoms with Gasteiger partial charge in [-0.3, -0.25) is 0 Å². The molecule has 0 spiro atoms. The van der Waals surface area contributed by atoms with Gasteiger partial charge in [-0.1, -0.05) is 29.8 Å². The number of para-hydroxylation sites is 2. The minimum absolute atomic E-state index is 0.137. The molecule has 0 saturated heterocycles. The first kappa shape index (κ1) is 16.8. The molecule has 2 aromatic carbocycles. The fourth-order valence-corrected chi connectivity index (χ4v) is 3.81. The van der Waals surface area contributed by atoms with Gasteiger partial charge in [-0.25, -0.2) is 18.4 Å². The van der Waals surface area contributed by atoms with Crippen molar-refractivity contribution >= 4 is 32.7 Å². The van der Waals surface area contributed by atoms with Crippen LogP contribution in [0.3, 0.4) is 0 Å². The second-order valence-electron chi connectivity index (χ2n) is 5.46. The maximum Gasteiger partial charge on any atom is 0.243 e. The number of sulfonamides is 1. The van der Waals surface area contributed by atoms with E-state index in [4.69, 9.17) is 11.6 Å². The number of aryl methyl sites for hydroxylation is 1. The molecule has 3 aromatic rings. The highest BCUT2D eigenvalue weighted by Crippen LogP contribution is 2.21. The lowest BCUT2D eigenvalue weighted by Crippen LogP contribution is -2.27. The molecule has 1 aromatic heterocycles. The van der Waals surface area contributed by atoms with Crippen LogP contribution in [0.1, 0.15) is 11.4 Å². The second kappa shape index (κ2) is 6.47. The number of aromatic nitrogens is 2. The molecule has 0 amide bonds. The third kappa shape index (κ3) is 3.26. The summed E-state index contributed by atoms with van der Waals surface area (Å²) in [7, 11) is -2.13. The Bertz CT molecular complexity index is 1010. The van der Waals surface area contributed by atoms with E-state index in [0.717, 1.165) is 11.0 Å². The lowest BCUT2D eigenvalue weighted by molar-refractivity contribution is 0.461. The Morgan fingerprint density at radius 2 is 1.71 bits per heavy atom. The van der Waals surface area contributed by atoms with E-state index in [1.165, 1.54) is 23.5 Å². The lowest BCUT2D eigenvalue weighted by Gasteiger charge is -2.18. The summed E-state index contributed by atoms with van der Waals surface area (Å²) in [6.45, 7) is 1.97. The molecule has 0 bridgehead atoms. The lowest BCUT2D eigenvalue weighted by atomic mass is 10.2. The van der Waals surface area contributed by atoms with Crippen molar-refractivity contribution in [3.05, 3.63) is 64.9 Å². The zero-order valence-electron chi connectivity index (χ0n) is 13.3. The Hall–Kier alpha value is -2.02. The van der Waals surface area contributed by atoms with Crippen molar-refractivity contribution in [3.63, 3.8) is 0 Å². The Morgan fingerprint density at radius 3 is 2.38 bits per heavy atom. The smallest absolute Gasteiger partial charge is 0.243 e. The van der Waals surface area contributed by atoms with Crippen molar-refractivity contribution in [1.82, 2.24) is 14.3 Å². The van der Waals surface area contributed by atoms with Gasteiger partial charge in [0.2, 0.25) is 10.0 Å². The van der Waals surface area contributed by atoms with Gasteiger partial charge < -0.3 is 0 Å². The maximum atomic E-state index is 12.7. The molecule has 0 N–H and O–H groups in total. The van der Waals surface area contributed by atoms with Gasteiger partial charge in [-0.15, -0.1) is 0 Å². The summed E-state index contributed by atoms with van der Waals surface area (Å²) in [6, 6.07) is 13.7. The SMILES string of the molecule is Cc1nc2ccccc2nc1CN(C)S(=O)(=O)c1cccc(Cl)c1. The van der Waals surface area contributed by atoms with Crippen molar-refractivity contribution in [2.75, 3.05) is 7.05 Å². The molecular weight excluding hydrogens is 346 g/mol. The number of hydrogen-bond acceptors (Lipinski definition) is 4. The van der Waals surface area contributed by atoms with Crippen molar-refractivity contribution < 1.29 is 8.42 Å². The number of fused-ring (bicyclic) bond motifs is 1. The quantitative estimate of drug-likeness (QED) is 0.714. The summed E-state index contributed by atoms with van der Waals surface area (Å²) in [5, 5.41) is 0.381. The Labute approximate surface area is 146 Å². The number of benzene rings is 2. The monoisotopic (exact) mass is 361 g/mol. The van der Waals surface area contributed by atoms with Gasteiger partial charge in [0.1, 0.15) is 0 Å². The van der Waals surface area contributed by atoms with Crippen molar-refractivity contribution in [3.8, 4) is 0 Å². The van der Waals surface area contributed by atoms with Crippen molar-refractivity contribution in [1.29, 1.82) is 0 Å². The fourth-order valence-electron chi connectivity index (χ4n) is 2.38. The number of rotatable bonds is 4. The van der Waals surface area contributed by atoms with E-state index in [0.29, 0.717) is 16.4 Å². The molecule has 0 fully saturated rings.